The molecule has 1 N–H and O–H groups in total. The monoisotopic (exact) mass is 659 g/mol. The van der Waals surface area contributed by atoms with E-state index < -0.39 is 6.09 Å². The van der Waals surface area contributed by atoms with E-state index in [1.807, 2.05) is 92.3 Å². The first-order valence-corrected chi connectivity index (χ1v) is 17.1. The quantitative estimate of drug-likeness (QED) is 0.128. The van der Waals surface area contributed by atoms with Crippen molar-refractivity contribution in [3.05, 3.63) is 119 Å². The Morgan fingerprint density at radius 2 is 1.69 bits per heavy atom. The summed E-state index contributed by atoms with van der Waals surface area (Å²) in [7, 11) is 0. The summed E-state index contributed by atoms with van der Waals surface area (Å²) in [5.41, 5.74) is 5.68. The number of likely N-dealkylation sites (tertiary alicyclic amines) is 1. The van der Waals surface area contributed by atoms with Gasteiger partial charge in [0.2, 0.25) is 5.95 Å². The van der Waals surface area contributed by atoms with Crippen molar-refractivity contribution in [1.82, 2.24) is 24.6 Å². The standard InChI is InChI=1S/C39H45N7O3/c1-29-23-30(2)37(31(3)24-29)49-39(47)46(28-33-12-7-11-32(25-33)27-45-21-9-16-41-45)36-15-17-40-38(43-36)42-34-13-8-14-35(26-34)48-22-10-20-44-18-5-4-6-19-44/h7-9,11-17,21,23-26H,4-6,10,18-20,22,27-28H2,1-3H3,(H,40,42,43). The van der Waals surface area contributed by atoms with Crippen LogP contribution in [0.2, 0.25) is 0 Å². The fourth-order valence-corrected chi connectivity index (χ4v) is 6.31. The van der Waals surface area contributed by atoms with Crippen molar-refractivity contribution in [2.24, 2.45) is 0 Å². The van der Waals surface area contributed by atoms with Crippen molar-refractivity contribution in [3.8, 4) is 11.5 Å². The van der Waals surface area contributed by atoms with Gasteiger partial charge >= 0.3 is 6.09 Å². The van der Waals surface area contributed by atoms with Crippen LogP contribution in [0.3, 0.4) is 0 Å². The topological polar surface area (TPSA) is 97.6 Å². The van der Waals surface area contributed by atoms with Crippen LogP contribution in [0.4, 0.5) is 22.2 Å². The number of carbonyl (C=O) groups excluding carboxylic acids is 1. The number of aryl methyl sites for hydroxylation is 3. The summed E-state index contributed by atoms with van der Waals surface area (Å²) < 4.78 is 14.0. The lowest BCUT2D eigenvalue weighted by Gasteiger charge is -2.26. The minimum Gasteiger partial charge on any atom is -0.493 e. The molecule has 1 amide bonds. The highest BCUT2D eigenvalue weighted by Gasteiger charge is 2.23. The Morgan fingerprint density at radius 3 is 2.49 bits per heavy atom. The van der Waals surface area contributed by atoms with Gasteiger partial charge in [-0.1, -0.05) is 54.4 Å². The van der Waals surface area contributed by atoms with Gasteiger partial charge in [0.25, 0.3) is 0 Å². The van der Waals surface area contributed by atoms with E-state index >= 15 is 0 Å². The second-order valence-electron chi connectivity index (χ2n) is 12.7. The van der Waals surface area contributed by atoms with Crippen LogP contribution >= 0.6 is 0 Å². The van der Waals surface area contributed by atoms with Gasteiger partial charge in [-0.25, -0.2) is 9.78 Å². The summed E-state index contributed by atoms with van der Waals surface area (Å²) in [4.78, 5) is 27.3. The average Bonchev–Trinajstić information content (AvgIpc) is 3.61. The molecule has 0 spiro atoms. The number of anilines is 3. The molecule has 1 aliphatic rings. The number of nitrogens with zero attached hydrogens (tertiary/aromatic N) is 6. The molecular formula is C39H45N7O3. The Morgan fingerprint density at radius 1 is 0.898 bits per heavy atom. The van der Waals surface area contributed by atoms with Crippen molar-refractivity contribution in [3.63, 3.8) is 0 Å². The van der Waals surface area contributed by atoms with Crippen molar-refractivity contribution < 1.29 is 14.3 Å². The van der Waals surface area contributed by atoms with Crippen LogP contribution in [0, 0.1) is 20.8 Å². The zero-order chi connectivity index (χ0) is 34.0. The molecule has 5 aromatic rings. The molecule has 0 unspecified atom stereocenters. The number of amides is 1. The molecule has 2 aromatic heterocycles. The summed E-state index contributed by atoms with van der Waals surface area (Å²) in [6.45, 7) is 10.9. The van der Waals surface area contributed by atoms with E-state index in [1.165, 1.54) is 32.4 Å². The average molecular weight is 660 g/mol. The lowest BCUT2D eigenvalue weighted by atomic mass is 10.1. The van der Waals surface area contributed by atoms with Crippen molar-refractivity contribution >= 4 is 23.5 Å². The third-order valence-electron chi connectivity index (χ3n) is 8.59. The zero-order valence-corrected chi connectivity index (χ0v) is 28.6. The number of benzene rings is 3. The second kappa shape index (κ2) is 16.3. The first-order chi connectivity index (χ1) is 23.9. The maximum atomic E-state index is 14.0. The van der Waals surface area contributed by atoms with E-state index in [2.05, 4.69) is 26.4 Å². The molecule has 10 nitrogen and oxygen atoms in total. The zero-order valence-electron chi connectivity index (χ0n) is 28.6. The molecule has 3 aromatic carbocycles. The summed E-state index contributed by atoms with van der Waals surface area (Å²) >= 11 is 0. The molecule has 49 heavy (non-hydrogen) atoms. The normalized spacial score (nSPS) is 13.2. The number of hydrogen-bond donors (Lipinski definition) is 1. The van der Waals surface area contributed by atoms with Gasteiger partial charge in [0, 0.05) is 36.9 Å². The molecule has 0 saturated carbocycles. The van der Waals surface area contributed by atoms with Gasteiger partial charge in [-0.3, -0.25) is 9.58 Å². The minimum atomic E-state index is -0.530. The minimum absolute atomic E-state index is 0.243. The first kappa shape index (κ1) is 33.7. The van der Waals surface area contributed by atoms with Crippen LogP contribution in [-0.2, 0) is 13.1 Å². The summed E-state index contributed by atoms with van der Waals surface area (Å²) in [6, 6.07) is 23.5. The smallest absolute Gasteiger partial charge is 0.421 e. The number of aromatic nitrogens is 4. The maximum Gasteiger partial charge on any atom is 0.421 e. The molecule has 0 radical (unpaired) electrons. The van der Waals surface area contributed by atoms with E-state index in [9.17, 15) is 4.79 Å². The van der Waals surface area contributed by atoms with Gasteiger partial charge in [-0.05, 0) is 99.6 Å². The molecule has 6 rings (SSSR count). The summed E-state index contributed by atoms with van der Waals surface area (Å²) in [5, 5.41) is 7.63. The highest BCUT2D eigenvalue weighted by Crippen LogP contribution is 2.28. The predicted octanol–water partition coefficient (Wildman–Crippen LogP) is 7.85. The molecule has 0 aliphatic carbocycles. The van der Waals surface area contributed by atoms with Crippen molar-refractivity contribution in [1.29, 1.82) is 0 Å². The molecule has 254 valence electrons. The predicted molar refractivity (Wildman–Crippen MR) is 193 cm³/mol. The van der Waals surface area contributed by atoms with Crippen LogP contribution in [0.5, 0.6) is 11.5 Å². The largest absolute Gasteiger partial charge is 0.493 e. The fraction of sp³-hybridized carbons (Fsp3) is 0.333. The van der Waals surface area contributed by atoms with Crippen LogP contribution in [-0.4, -0.2) is 57.0 Å². The second-order valence-corrected chi connectivity index (χ2v) is 12.7. The molecule has 1 saturated heterocycles. The third-order valence-corrected chi connectivity index (χ3v) is 8.59. The lowest BCUT2D eigenvalue weighted by Crippen LogP contribution is -2.34. The van der Waals surface area contributed by atoms with Crippen LogP contribution in [0.15, 0.2) is 91.4 Å². The Balaban J connectivity index is 1.19. The molecule has 1 aliphatic heterocycles. The Labute approximate surface area is 288 Å². The fourth-order valence-electron chi connectivity index (χ4n) is 6.31. The van der Waals surface area contributed by atoms with Gasteiger partial charge in [0.15, 0.2) is 0 Å². The van der Waals surface area contributed by atoms with E-state index in [4.69, 9.17) is 14.5 Å². The molecule has 10 heteroatoms. The number of hydrogen-bond acceptors (Lipinski definition) is 8. The highest BCUT2D eigenvalue weighted by molar-refractivity contribution is 5.88. The molecule has 3 heterocycles. The third kappa shape index (κ3) is 9.45. The van der Waals surface area contributed by atoms with Crippen molar-refractivity contribution in [2.75, 3.05) is 36.5 Å². The molecule has 0 atom stereocenters. The van der Waals surface area contributed by atoms with Crippen molar-refractivity contribution in [2.45, 2.75) is 59.5 Å². The number of piperidine rings is 1. The Kier molecular flexibility index (Phi) is 11.2. The van der Waals surface area contributed by atoms with Gasteiger partial charge in [-0.2, -0.15) is 10.1 Å². The summed E-state index contributed by atoms with van der Waals surface area (Å²) in [5.74, 6) is 2.09. The number of rotatable bonds is 13. The van der Waals surface area contributed by atoms with Crippen LogP contribution in [0.1, 0.15) is 53.5 Å². The number of ether oxygens (including phenoxy) is 2. The number of nitrogens with one attached hydrogen (secondary N) is 1. The van der Waals surface area contributed by atoms with E-state index in [1.54, 1.807) is 23.4 Å². The molecular weight excluding hydrogens is 614 g/mol. The van der Waals surface area contributed by atoms with Crippen LogP contribution < -0.4 is 19.7 Å². The van der Waals surface area contributed by atoms with Gasteiger partial charge in [0.1, 0.15) is 17.3 Å². The van der Waals surface area contributed by atoms with Gasteiger partial charge in [0.05, 0.1) is 19.7 Å². The summed E-state index contributed by atoms with van der Waals surface area (Å²) in [6.07, 6.45) is 9.72. The Hall–Kier alpha value is -5.22. The molecule has 0 bridgehead atoms. The lowest BCUT2D eigenvalue weighted by molar-refractivity contribution is 0.205. The number of carbonyl (C=O) groups is 1. The van der Waals surface area contributed by atoms with Gasteiger partial charge < -0.3 is 19.7 Å². The molecule has 1 fully saturated rings. The maximum absolute atomic E-state index is 14.0. The van der Waals surface area contributed by atoms with E-state index in [0.29, 0.717) is 30.7 Å². The highest BCUT2D eigenvalue weighted by atomic mass is 16.6. The van der Waals surface area contributed by atoms with Crippen LogP contribution in [0.25, 0.3) is 0 Å². The Bertz CT molecular complexity index is 1810. The first-order valence-electron chi connectivity index (χ1n) is 17.1. The van der Waals surface area contributed by atoms with E-state index in [0.717, 1.165) is 52.2 Å². The van der Waals surface area contributed by atoms with Gasteiger partial charge in [-0.15, -0.1) is 0 Å². The SMILES string of the molecule is Cc1cc(C)c(OC(=O)N(Cc2cccc(Cn3cccn3)c2)c2ccnc(Nc3cccc(OCCCN4CCCCC4)c3)n2)c(C)c1. The van der Waals surface area contributed by atoms with E-state index in [-0.39, 0.29) is 6.54 Å².